The Morgan fingerprint density at radius 3 is 2.10 bits per heavy atom. The van der Waals surface area contributed by atoms with Gasteiger partial charge in [-0.1, -0.05) is 32.4 Å². The Balaban J connectivity index is 2.12. The van der Waals surface area contributed by atoms with Gasteiger partial charge in [-0.05, 0) is 28.8 Å². The zero-order valence-electron chi connectivity index (χ0n) is 12.5. The third-order valence-electron chi connectivity index (χ3n) is 3.71. The molecule has 2 N–H and O–H groups in total. The van der Waals surface area contributed by atoms with Gasteiger partial charge in [0.1, 0.15) is 0 Å². The first kappa shape index (κ1) is 16.2. The van der Waals surface area contributed by atoms with Crippen molar-refractivity contribution in [3.63, 3.8) is 0 Å². The summed E-state index contributed by atoms with van der Waals surface area (Å²) in [6.07, 6.45) is 0.915. The second-order valence-corrected chi connectivity index (χ2v) is 7.33. The number of nitrogens with zero attached hydrogens (tertiary/aromatic N) is 1. The van der Waals surface area contributed by atoms with Crippen LogP contribution < -0.4 is 5.73 Å². The first-order valence-corrected chi connectivity index (χ1v) is 8.96. The number of hydrogen-bond acceptors (Lipinski definition) is 4. The summed E-state index contributed by atoms with van der Waals surface area (Å²) in [5.74, 6) is 0.248. The van der Waals surface area contributed by atoms with Gasteiger partial charge in [-0.25, -0.2) is 0 Å². The number of carbonyl (C=O) groups is 1. The number of rotatable bonds is 7. The van der Waals surface area contributed by atoms with Crippen LogP contribution in [0.1, 0.15) is 30.0 Å². The van der Waals surface area contributed by atoms with Crippen LogP contribution in [0.5, 0.6) is 0 Å². The van der Waals surface area contributed by atoms with E-state index in [1.807, 2.05) is 34.7 Å². The van der Waals surface area contributed by atoms with E-state index in [1.54, 1.807) is 22.7 Å². The smallest absolute Gasteiger partial charge is 0.240 e. The highest BCUT2D eigenvalue weighted by Crippen LogP contribution is 2.19. The average Bonchev–Trinajstić information content (AvgIpc) is 3.17. The Bertz CT molecular complexity index is 500. The van der Waals surface area contributed by atoms with Crippen LogP contribution in [0.25, 0.3) is 0 Å². The van der Waals surface area contributed by atoms with Crippen LogP contribution in [0.4, 0.5) is 0 Å². The van der Waals surface area contributed by atoms with Gasteiger partial charge in [0.15, 0.2) is 0 Å². The van der Waals surface area contributed by atoms with Gasteiger partial charge in [-0.2, -0.15) is 0 Å². The highest BCUT2D eigenvalue weighted by Gasteiger charge is 2.25. The Hall–Kier alpha value is -1.17. The van der Waals surface area contributed by atoms with Crippen molar-refractivity contribution < 1.29 is 4.79 Å². The van der Waals surface area contributed by atoms with Crippen LogP contribution in [0, 0.1) is 5.92 Å². The van der Waals surface area contributed by atoms with Crippen molar-refractivity contribution in [2.45, 2.75) is 39.4 Å². The molecule has 2 aromatic rings. The molecule has 0 aromatic carbocycles. The second kappa shape index (κ2) is 7.73. The number of carbonyl (C=O) groups excluding carboxylic acids is 1. The van der Waals surface area contributed by atoms with Crippen LogP contribution in [-0.4, -0.2) is 16.8 Å². The summed E-state index contributed by atoms with van der Waals surface area (Å²) in [6.45, 7) is 5.38. The molecule has 0 radical (unpaired) electrons. The van der Waals surface area contributed by atoms with Gasteiger partial charge in [-0.3, -0.25) is 4.79 Å². The van der Waals surface area contributed by atoms with E-state index >= 15 is 0 Å². The minimum absolute atomic E-state index is 0.0474. The minimum Gasteiger partial charge on any atom is -0.331 e. The van der Waals surface area contributed by atoms with Crippen molar-refractivity contribution >= 4 is 28.6 Å². The van der Waals surface area contributed by atoms with Crippen molar-refractivity contribution in [3.8, 4) is 0 Å². The van der Waals surface area contributed by atoms with E-state index in [-0.39, 0.29) is 11.8 Å². The van der Waals surface area contributed by atoms with Gasteiger partial charge < -0.3 is 10.6 Å². The molecule has 2 atom stereocenters. The van der Waals surface area contributed by atoms with E-state index < -0.39 is 6.04 Å². The molecule has 0 saturated carbocycles. The average molecular weight is 322 g/mol. The van der Waals surface area contributed by atoms with Gasteiger partial charge in [0, 0.05) is 9.75 Å². The molecule has 0 spiro atoms. The third kappa shape index (κ3) is 4.40. The highest BCUT2D eigenvalue weighted by molar-refractivity contribution is 7.10. The minimum atomic E-state index is -0.421. The van der Waals surface area contributed by atoms with Gasteiger partial charge in [0.05, 0.1) is 19.1 Å². The molecule has 0 aliphatic carbocycles. The second-order valence-electron chi connectivity index (χ2n) is 5.26. The summed E-state index contributed by atoms with van der Waals surface area (Å²) in [4.78, 5) is 17.0. The number of hydrogen-bond donors (Lipinski definition) is 1. The molecule has 0 saturated heterocycles. The molecule has 5 heteroatoms. The lowest BCUT2D eigenvalue weighted by atomic mass is 9.99. The molecule has 2 unspecified atom stereocenters. The SMILES string of the molecule is CCC(C)C(N)C(=O)N(Cc1cccs1)Cc1cccs1. The predicted molar refractivity (Wildman–Crippen MR) is 90.3 cm³/mol. The lowest BCUT2D eigenvalue weighted by molar-refractivity contribution is -0.135. The Morgan fingerprint density at radius 2 is 1.71 bits per heavy atom. The Labute approximate surface area is 134 Å². The van der Waals surface area contributed by atoms with Crippen LogP contribution >= 0.6 is 22.7 Å². The van der Waals surface area contributed by atoms with Crippen LogP contribution in [0.2, 0.25) is 0 Å². The van der Waals surface area contributed by atoms with Gasteiger partial charge in [0.2, 0.25) is 5.91 Å². The van der Waals surface area contributed by atoms with Crippen molar-refractivity contribution in [2.24, 2.45) is 11.7 Å². The van der Waals surface area contributed by atoms with Crippen LogP contribution in [0.3, 0.4) is 0 Å². The molecule has 2 aromatic heterocycles. The summed E-state index contributed by atoms with van der Waals surface area (Å²) in [7, 11) is 0. The fraction of sp³-hybridized carbons (Fsp3) is 0.438. The standard InChI is InChI=1S/C16H22N2OS2/c1-3-12(2)15(17)16(19)18(10-13-6-4-8-20-13)11-14-7-5-9-21-14/h4-9,12,15H,3,10-11,17H2,1-2H3. The summed E-state index contributed by atoms with van der Waals surface area (Å²) in [5, 5.41) is 4.08. The molecule has 21 heavy (non-hydrogen) atoms. The molecule has 2 heterocycles. The summed E-state index contributed by atoms with van der Waals surface area (Å²) in [6, 6.07) is 7.74. The number of amides is 1. The Morgan fingerprint density at radius 1 is 1.19 bits per heavy atom. The highest BCUT2D eigenvalue weighted by atomic mass is 32.1. The molecule has 3 nitrogen and oxygen atoms in total. The quantitative estimate of drug-likeness (QED) is 0.844. The van der Waals surface area contributed by atoms with E-state index in [1.165, 1.54) is 9.75 Å². The molecular formula is C16H22N2OS2. The van der Waals surface area contributed by atoms with E-state index in [4.69, 9.17) is 5.73 Å². The molecule has 0 fully saturated rings. The third-order valence-corrected chi connectivity index (χ3v) is 5.43. The summed E-state index contributed by atoms with van der Waals surface area (Å²) < 4.78 is 0. The molecule has 2 rings (SSSR count). The van der Waals surface area contributed by atoms with Crippen molar-refractivity contribution in [3.05, 3.63) is 44.8 Å². The van der Waals surface area contributed by atoms with Crippen molar-refractivity contribution in [1.29, 1.82) is 0 Å². The number of thiophene rings is 2. The van der Waals surface area contributed by atoms with Crippen molar-refractivity contribution in [1.82, 2.24) is 4.90 Å². The van der Waals surface area contributed by atoms with Crippen LogP contribution in [-0.2, 0) is 17.9 Å². The fourth-order valence-corrected chi connectivity index (χ4v) is 3.54. The summed E-state index contributed by atoms with van der Waals surface area (Å²) in [5.41, 5.74) is 6.15. The molecule has 1 amide bonds. The predicted octanol–water partition coefficient (Wildman–Crippen LogP) is 3.71. The van der Waals surface area contributed by atoms with E-state index in [2.05, 4.69) is 19.1 Å². The molecule has 0 aliphatic heterocycles. The topological polar surface area (TPSA) is 46.3 Å². The maximum Gasteiger partial charge on any atom is 0.240 e. The van der Waals surface area contributed by atoms with Gasteiger partial charge >= 0.3 is 0 Å². The largest absolute Gasteiger partial charge is 0.331 e. The summed E-state index contributed by atoms with van der Waals surface area (Å²) >= 11 is 3.35. The van der Waals surface area contributed by atoms with E-state index in [0.717, 1.165) is 6.42 Å². The van der Waals surface area contributed by atoms with E-state index in [0.29, 0.717) is 13.1 Å². The zero-order chi connectivity index (χ0) is 15.2. The van der Waals surface area contributed by atoms with Crippen molar-refractivity contribution in [2.75, 3.05) is 0 Å². The maximum absolute atomic E-state index is 12.7. The molecule has 0 bridgehead atoms. The zero-order valence-corrected chi connectivity index (χ0v) is 14.1. The molecule has 0 aliphatic rings. The molecule has 114 valence electrons. The first-order valence-electron chi connectivity index (χ1n) is 7.21. The Kier molecular flexibility index (Phi) is 5.96. The maximum atomic E-state index is 12.7. The van der Waals surface area contributed by atoms with Gasteiger partial charge in [0.25, 0.3) is 0 Å². The normalized spacial score (nSPS) is 13.9. The van der Waals surface area contributed by atoms with Gasteiger partial charge in [-0.15, -0.1) is 22.7 Å². The molecular weight excluding hydrogens is 300 g/mol. The first-order chi connectivity index (χ1) is 10.1. The van der Waals surface area contributed by atoms with E-state index in [9.17, 15) is 4.79 Å². The lowest BCUT2D eigenvalue weighted by Crippen LogP contribution is -2.46. The lowest BCUT2D eigenvalue weighted by Gasteiger charge is -2.27. The number of nitrogens with two attached hydrogens (primary N) is 1. The fourth-order valence-electron chi connectivity index (χ4n) is 2.10. The monoisotopic (exact) mass is 322 g/mol. The van der Waals surface area contributed by atoms with Crippen LogP contribution in [0.15, 0.2) is 35.0 Å².